The Morgan fingerprint density at radius 3 is 2.46 bits per heavy atom. The maximum Gasteiger partial charge on any atom is 0.337 e. The molecule has 1 atom stereocenters. The van der Waals surface area contributed by atoms with E-state index in [4.69, 9.17) is 4.74 Å². The van der Waals surface area contributed by atoms with Gasteiger partial charge in [-0.15, -0.1) is 0 Å². The second kappa shape index (κ2) is 7.30. The van der Waals surface area contributed by atoms with E-state index in [0.717, 1.165) is 24.3 Å². The van der Waals surface area contributed by atoms with Gasteiger partial charge < -0.3 is 14.5 Å². The van der Waals surface area contributed by atoms with E-state index in [-0.39, 0.29) is 17.9 Å². The third kappa shape index (κ3) is 3.28. The fraction of sp³-hybridized carbons (Fsp3) is 0.300. The molecule has 144 valence electrons. The number of methoxy groups -OCH3 is 1. The number of aromatic nitrogens is 3. The summed E-state index contributed by atoms with van der Waals surface area (Å²) in [6.45, 7) is 4.10. The number of amides is 1. The van der Waals surface area contributed by atoms with E-state index in [9.17, 15) is 9.59 Å². The van der Waals surface area contributed by atoms with Crippen LogP contribution in [0.25, 0.3) is 11.0 Å². The minimum Gasteiger partial charge on any atom is -0.465 e. The molecule has 8 heteroatoms. The number of fused-ring (bicyclic) bond motifs is 1. The van der Waals surface area contributed by atoms with Crippen LogP contribution in [0, 0.1) is 0 Å². The number of H-pyrrole nitrogens is 1. The van der Waals surface area contributed by atoms with Gasteiger partial charge in [0.1, 0.15) is 11.0 Å². The molecule has 4 rings (SSSR count). The Bertz CT molecular complexity index is 1010. The molecule has 0 bridgehead atoms. The second-order valence-electron chi connectivity index (χ2n) is 6.86. The maximum atomic E-state index is 13.0. The van der Waals surface area contributed by atoms with Gasteiger partial charge in [0.25, 0.3) is 5.91 Å². The molecule has 1 N–H and O–H groups in total. The third-order valence-electron chi connectivity index (χ3n) is 5.11. The number of hydrogen-bond donors (Lipinski definition) is 1. The predicted octanol–water partition coefficient (Wildman–Crippen LogP) is 2.10. The SMILES string of the molecule is COC(=O)c1ccc(N2CCN(C(=O)c3ccc4n[nH]nc4c3)[C@H](C)C2)cc1. The fourth-order valence-corrected chi connectivity index (χ4v) is 3.56. The molecule has 1 fully saturated rings. The zero-order valence-electron chi connectivity index (χ0n) is 15.8. The lowest BCUT2D eigenvalue weighted by Crippen LogP contribution is -2.54. The van der Waals surface area contributed by atoms with Gasteiger partial charge in [-0.1, -0.05) is 0 Å². The first-order valence-electron chi connectivity index (χ1n) is 9.11. The first-order chi connectivity index (χ1) is 13.6. The van der Waals surface area contributed by atoms with Crippen molar-refractivity contribution < 1.29 is 14.3 Å². The first kappa shape index (κ1) is 18.0. The average molecular weight is 379 g/mol. The van der Waals surface area contributed by atoms with E-state index in [1.807, 2.05) is 24.0 Å². The molecule has 2 aromatic carbocycles. The lowest BCUT2D eigenvalue weighted by atomic mass is 10.1. The fourth-order valence-electron chi connectivity index (χ4n) is 3.56. The van der Waals surface area contributed by atoms with E-state index in [0.29, 0.717) is 23.2 Å². The van der Waals surface area contributed by atoms with Crippen molar-refractivity contribution in [3.05, 3.63) is 53.6 Å². The summed E-state index contributed by atoms with van der Waals surface area (Å²) in [6.07, 6.45) is 0. The standard InChI is InChI=1S/C20H21N5O3/c1-13-12-24(16-6-3-14(4-7-16)20(27)28-2)9-10-25(13)19(26)15-5-8-17-18(11-15)22-23-21-17/h3-8,11,13H,9-10,12H2,1-2H3,(H,21,22,23)/t13-/m1/s1. The van der Waals surface area contributed by atoms with Gasteiger partial charge in [-0.05, 0) is 49.4 Å². The van der Waals surface area contributed by atoms with Gasteiger partial charge in [0, 0.05) is 36.9 Å². The van der Waals surface area contributed by atoms with Gasteiger partial charge in [-0.3, -0.25) is 4.79 Å². The van der Waals surface area contributed by atoms with Crippen molar-refractivity contribution in [3.8, 4) is 0 Å². The minimum absolute atomic E-state index is 0.00177. The Kier molecular flexibility index (Phi) is 4.68. The Balaban J connectivity index is 1.46. The summed E-state index contributed by atoms with van der Waals surface area (Å²) in [4.78, 5) is 28.7. The summed E-state index contributed by atoms with van der Waals surface area (Å²) < 4.78 is 4.74. The Hall–Kier alpha value is -3.42. The number of carbonyl (C=O) groups is 2. The molecule has 0 radical (unpaired) electrons. The van der Waals surface area contributed by atoms with Crippen molar-refractivity contribution >= 4 is 28.6 Å². The van der Waals surface area contributed by atoms with Gasteiger partial charge in [0.05, 0.1) is 12.7 Å². The third-order valence-corrected chi connectivity index (χ3v) is 5.11. The zero-order chi connectivity index (χ0) is 19.7. The zero-order valence-corrected chi connectivity index (χ0v) is 15.8. The van der Waals surface area contributed by atoms with E-state index < -0.39 is 0 Å². The Morgan fingerprint density at radius 2 is 1.75 bits per heavy atom. The average Bonchev–Trinajstić information content (AvgIpc) is 3.20. The molecular formula is C20H21N5O3. The minimum atomic E-state index is -0.348. The van der Waals surface area contributed by atoms with E-state index >= 15 is 0 Å². The maximum absolute atomic E-state index is 13.0. The van der Waals surface area contributed by atoms with Crippen LogP contribution in [-0.4, -0.2) is 65.0 Å². The van der Waals surface area contributed by atoms with Crippen molar-refractivity contribution in [1.29, 1.82) is 0 Å². The molecule has 0 aliphatic carbocycles. The van der Waals surface area contributed by atoms with Crippen LogP contribution in [0.1, 0.15) is 27.6 Å². The molecule has 3 aromatic rings. The van der Waals surface area contributed by atoms with Crippen molar-refractivity contribution in [2.75, 3.05) is 31.6 Å². The summed E-state index contributed by atoms with van der Waals surface area (Å²) in [7, 11) is 1.37. The van der Waals surface area contributed by atoms with Gasteiger partial charge >= 0.3 is 5.97 Å². The first-order valence-corrected chi connectivity index (χ1v) is 9.11. The second-order valence-corrected chi connectivity index (χ2v) is 6.86. The largest absolute Gasteiger partial charge is 0.465 e. The van der Waals surface area contributed by atoms with Crippen LogP contribution in [0.15, 0.2) is 42.5 Å². The number of aromatic amines is 1. The molecule has 2 heterocycles. The lowest BCUT2D eigenvalue weighted by molar-refractivity contribution is 0.0599. The highest BCUT2D eigenvalue weighted by Crippen LogP contribution is 2.22. The summed E-state index contributed by atoms with van der Waals surface area (Å²) in [5.41, 5.74) is 3.59. The van der Waals surface area contributed by atoms with E-state index in [1.54, 1.807) is 30.3 Å². The van der Waals surface area contributed by atoms with E-state index in [1.165, 1.54) is 7.11 Å². The normalized spacial score (nSPS) is 17.0. The monoisotopic (exact) mass is 379 g/mol. The van der Waals surface area contributed by atoms with Gasteiger partial charge in [-0.2, -0.15) is 15.4 Å². The van der Waals surface area contributed by atoms with Crippen LogP contribution in [0.2, 0.25) is 0 Å². The lowest BCUT2D eigenvalue weighted by Gasteiger charge is -2.41. The smallest absolute Gasteiger partial charge is 0.337 e. The number of nitrogens with one attached hydrogen (secondary N) is 1. The van der Waals surface area contributed by atoms with E-state index in [2.05, 4.69) is 20.3 Å². The Morgan fingerprint density at radius 1 is 1.04 bits per heavy atom. The molecule has 28 heavy (non-hydrogen) atoms. The van der Waals surface area contributed by atoms with Crippen molar-refractivity contribution in [2.45, 2.75) is 13.0 Å². The van der Waals surface area contributed by atoms with Gasteiger partial charge in [0.2, 0.25) is 0 Å². The van der Waals surface area contributed by atoms with Crippen molar-refractivity contribution in [1.82, 2.24) is 20.3 Å². The number of hydrogen-bond acceptors (Lipinski definition) is 6. The number of carbonyl (C=O) groups excluding carboxylic acids is 2. The summed E-state index contributed by atoms with van der Waals surface area (Å²) in [6, 6.07) is 12.8. The molecule has 1 aliphatic rings. The quantitative estimate of drug-likeness (QED) is 0.701. The summed E-state index contributed by atoms with van der Waals surface area (Å²) in [5.74, 6) is -0.350. The number of ether oxygens (including phenoxy) is 1. The molecule has 1 amide bonds. The van der Waals surface area contributed by atoms with Crippen LogP contribution < -0.4 is 4.90 Å². The highest BCUT2D eigenvalue weighted by molar-refractivity contribution is 5.97. The summed E-state index contributed by atoms with van der Waals surface area (Å²) in [5, 5.41) is 10.6. The molecule has 1 aliphatic heterocycles. The van der Waals surface area contributed by atoms with Crippen LogP contribution >= 0.6 is 0 Å². The number of nitrogens with zero attached hydrogens (tertiary/aromatic N) is 4. The molecule has 1 aromatic heterocycles. The molecule has 8 nitrogen and oxygen atoms in total. The van der Waals surface area contributed by atoms with Crippen LogP contribution in [0.3, 0.4) is 0 Å². The topological polar surface area (TPSA) is 91.4 Å². The molecule has 0 unspecified atom stereocenters. The number of anilines is 1. The van der Waals surface area contributed by atoms with Gasteiger partial charge in [-0.25, -0.2) is 4.79 Å². The van der Waals surface area contributed by atoms with Crippen LogP contribution in [0.4, 0.5) is 5.69 Å². The van der Waals surface area contributed by atoms with Crippen molar-refractivity contribution in [3.63, 3.8) is 0 Å². The number of rotatable bonds is 3. The highest BCUT2D eigenvalue weighted by atomic mass is 16.5. The van der Waals surface area contributed by atoms with Crippen LogP contribution in [0.5, 0.6) is 0 Å². The molecule has 0 saturated carbocycles. The molecule has 0 spiro atoms. The molecule has 1 saturated heterocycles. The number of esters is 1. The number of benzene rings is 2. The van der Waals surface area contributed by atoms with Crippen LogP contribution in [-0.2, 0) is 4.74 Å². The Labute approximate surface area is 162 Å². The highest BCUT2D eigenvalue weighted by Gasteiger charge is 2.28. The summed E-state index contributed by atoms with van der Waals surface area (Å²) >= 11 is 0. The van der Waals surface area contributed by atoms with Crippen molar-refractivity contribution in [2.24, 2.45) is 0 Å². The molecular weight excluding hydrogens is 358 g/mol. The predicted molar refractivity (Wildman–Crippen MR) is 104 cm³/mol. The number of piperazine rings is 1. The van der Waals surface area contributed by atoms with Gasteiger partial charge in [0.15, 0.2) is 0 Å².